The van der Waals surface area contributed by atoms with Crippen LogP contribution in [0.15, 0.2) is 64.4 Å². The van der Waals surface area contributed by atoms with Gasteiger partial charge in [0.2, 0.25) is 0 Å². The summed E-state index contributed by atoms with van der Waals surface area (Å²) in [6, 6.07) is 18.5. The summed E-state index contributed by atoms with van der Waals surface area (Å²) in [6.07, 6.45) is 1.17. The van der Waals surface area contributed by atoms with E-state index in [9.17, 15) is 4.79 Å². The van der Waals surface area contributed by atoms with E-state index in [1.165, 1.54) is 28.5 Å². The summed E-state index contributed by atoms with van der Waals surface area (Å²) in [5.74, 6) is 2.02. The summed E-state index contributed by atoms with van der Waals surface area (Å²) in [5, 5.41) is 2.53. The average molecular weight is 341 g/mol. The first-order valence-corrected chi connectivity index (χ1v) is 9.33. The Hall–Kier alpha value is -2.88. The zero-order valence-corrected chi connectivity index (χ0v) is 14.4. The molecule has 1 unspecified atom stereocenters. The van der Waals surface area contributed by atoms with Gasteiger partial charge >= 0.3 is 0 Å². The van der Waals surface area contributed by atoms with Gasteiger partial charge in [0.05, 0.1) is 5.69 Å². The first-order valence-electron chi connectivity index (χ1n) is 9.33. The number of amidine groups is 1. The molecule has 2 bridgehead atoms. The number of likely N-dealkylation sites (tertiary alicyclic amines) is 1. The zero-order chi connectivity index (χ0) is 17.3. The number of pyridine rings is 1. The maximum absolute atomic E-state index is 12.2. The second kappa shape index (κ2) is 5.07. The molecule has 4 heterocycles. The molecule has 26 heavy (non-hydrogen) atoms. The van der Waals surface area contributed by atoms with E-state index in [0.29, 0.717) is 11.8 Å². The van der Waals surface area contributed by atoms with Crippen molar-refractivity contribution in [3.05, 3.63) is 76.2 Å². The smallest absolute Gasteiger partial charge is 0.250 e. The molecule has 1 saturated heterocycles. The SMILES string of the molecule is O=c1cccc2n1C[C@H]1CC2CN(C2=Nc3cccc4cccc2c34)C1. The molecule has 4 nitrogen and oxygen atoms in total. The molecule has 0 saturated carbocycles. The lowest BCUT2D eigenvalue weighted by Gasteiger charge is -2.43. The predicted molar refractivity (Wildman–Crippen MR) is 103 cm³/mol. The lowest BCUT2D eigenvalue weighted by atomic mass is 9.83. The molecule has 0 spiro atoms. The largest absolute Gasteiger partial charge is 0.355 e. The molecule has 0 amide bonds. The number of hydrogen-bond donors (Lipinski definition) is 0. The number of nitrogens with zero attached hydrogens (tertiary/aromatic N) is 3. The fourth-order valence-corrected chi connectivity index (χ4v) is 5.09. The van der Waals surface area contributed by atoms with E-state index in [2.05, 4.69) is 47.4 Å². The number of benzene rings is 2. The van der Waals surface area contributed by atoms with Crippen LogP contribution in [0, 0.1) is 5.92 Å². The molecule has 3 aliphatic rings. The minimum absolute atomic E-state index is 0.140. The van der Waals surface area contributed by atoms with Crippen molar-refractivity contribution < 1.29 is 0 Å². The number of aromatic nitrogens is 1. The fraction of sp³-hybridized carbons (Fsp3) is 0.273. The van der Waals surface area contributed by atoms with Gasteiger partial charge in [-0.1, -0.05) is 36.4 Å². The Bertz CT molecular complexity index is 1140. The molecular formula is C22H19N3O. The molecule has 1 fully saturated rings. The number of piperidine rings is 1. The maximum atomic E-state index is 12.2. The topological polar surface area (TPSA) is 37.6 Å². The van der Waals surface area contributed by atoms with Crippen molar-refractivity contribution in [2.75, 3.05) is 13.1 Å². The van der Waals surface area contributed by atoms with Gasteiger partial charge in [0.25, 0.3) is 5.56 Å². The van der Waals surface area contributed by atoms with Gasteiger partial charge in [-0.3, -0.25) is 4.79 Å². The van der Waals surface area contributed by atoms with Crippen molar-refractivity contribution >= 4 is 22.3 Å². The van der Waals surface area contributed by atoms with Crippen LogP contribution in [-0.4, -0.2) is 28.4 Å². The highest BCUT2D eigenvalue weighted by Crippen LogP contribution is 2.40. The first kappa shape index (κ1) is 14.3. The van der Waals surface area contributed by atoms with Crippen LogP contribution in [-0.2, 0) is 6.54 Å². The Balaban J connectivity index is 1.43. The minimum atomic E-state index is 0.140. The van der Waals surface area contributed by atoms with Gasteiger partial charge in [0, 0.05) is 48.3 Å². The highest BCUT2D eigenvalue weighted by Gasteiger charge is 2.37. The highest BCUT2D eigenvalue weighted by atomic mass is 16.1. The maximum Gasteiger partial charge on any atom is 0.250 e. The van der Waals surface area contributed by atoms with E-state index < -0.39 is 0 Å². The Labute approximate surface area is 151 Å². The summed E-state index contributed by atoms with van der Waals surface area (Å²) in [4.78, 5) is 19.7. The van der Waals surface area contributed by atoms with Gasteiger partial charge in [-0.2, -0.15) is 0 Å². The summed E-state index contributed by atoms with van der Waals surface area (Å²) >= 11 is 0. The molecule has 3 aliphatic heterocycles. The summed E-state index contributed by atoms with van der Waals surface area (Å²) < 4.78 is 1.99. The first-order chi connectivity index (χ1) is 12.8. The van der Waals surface area contributed by atoms with Crippen LogP contribution in [0.25, 0.3) is 10.8 Å². The van der Waals surface area contributed by atoms with Gasteiger partial charge in [0.15, 0.2) is 0 Å². The number of rotatable bonds is 0. The molecular weight excluding hydrogens is 322 g/mol. The molecule has 0 N–H and O–H groups in total. The number of fused-ring (bicyclic) bond motifs is 4. The zero-order valence-electron chi connectivity index (χ0n) is 14.4. The second-order valence-corrected chi connectivity index (χ2v) is 7.72. The second-order valence-electron chi connectivity index (χ2n) is 7.72. The van der Waals surface area contributed by atoms with Crippen LogP contribution in [0.2, 0.25) is 0 Å². The molecule has 0 aliphatic carbocycles. The third-order valence-electron chi connectivity index (χ3n) is 6.13. The third-order valence-corrected chi connectivity index (χ3v) is 6.13. The van der Waals surface area contributed by atoms with Crippen LogP contribution in [0.3, 0.4) is 0 Å². The molecule has 128 valence electrons. The van der Waals surface area contributed by atoms with Gasteiger partial charge in [-0.05, 0) is 29.9 Å². The normalized spacial score (nSPS) is 23.1. The van der Waals surface area contributed by atoms with Crippen molar-refractivity contribution in [3.63, 3.8) is 0 Å². The summed E-state index contributed by atoms with van der Waals surface area (Å²) in [5.41, 5.74) is 3.66. The fourth-order valence-electron chi connectivity index (χ4n) is 5.09. The van der Waals surface area contributed by atoms with Gasteiger partial charge in [-0.15, -0.1) is 0 Å². The number of hydrogen-bond acceptors (Lipinski definition) is 3. The molecule has 6 rings (SSSR count). The molecule has 2 atom stereocenters. The van der Waals surface area contributed by atoms with Gasteiger partial charge in [-0.25, -0.2) is 4.99 Å². The van der Waals surface area contributed by atoms with E-state index in [1.54, 1.807) is 6.07 Å². The standard InChI is InChI=1S/C22H19N3O/c26-20-9-3-8-19-16-10-14(12-25(19)20)11-24(13-16)22-17-6-1-4-15-5-2-7-18(23-22)21(15)17/h1-9,14,16H,10-13H2/t14-,16?/m0/s1. The Morgan fingerprint density at radius 3 is 2.69 bits per heavy atom. The van der Waals surface area contributed by atoms with Gasteiger partial charge in [0.1, 0.15) is 5.84 Å². The van der Waals surface area contributed by atoms with Crippen molar-refractivity contribution in [1.82, 2.24) is 9.47 Å². The van der Waals surface area contributed by atoms with Crippen molar-refractivity contribution in [3.8, 4) is 0 Å². The highest BCUT2D eigenvalue weighted by molar-refractivity contribution is 6.18. The molecule has 0 radical (unpaired) electrons. The third kappa shape index (κ3) is 1.90. The van der Waals surface area contributed by atoms with Crippen molar-refractivity contribution in [1.29, 1.82) is 0 Å². The van der Waals surface area contributed by atoms with Crippen molar-refractivity contribution in [2.45, 2.75) is 18.9 Å². The van der Waals surface area contributed by atoms with E-state index in [0.717, 1.165) is 31.2 Å². The summed E-state index contributed by atoms with van der Waals surface area (Å²) in [6.45, 7) is 2.73. The lowest BCUT2D eigenvalue weighted by molar-refractivity contribution is 0.179. The van der Waals surface area contributed by atoms with Crippen LogP contribution in [0.5, 0.6) is 0 Å². The Morgan fingerprint density at radius 2 is 1.77 bits per heavy atom. The molecule has 2 aromatic carbocycles. The predicted octanol–water partition coefficient (Wildman–Crippen LogP) is 3.51. The molecule has 4 heteroatoms. The van der Waals surface area contributed by atoms with Crippen molar-refractivity contribution in [2.24, 2.45) is 10.9 Å². The van der Waals surface area contributed by atoms with Crippen LogP contribution >= 0.6 is 0 Å². The average Bonchev–Trinajstić information content (AvgIpc) is 3.04. The lowest BCUT2D eigenvalue weighted by Crippen LogP contribution is -2.49. The quantitative estimate of drug-likeness (QED) is 0.627. The van der Waals surface area contributed by atoms with E-state index in [-0.39, 0.29) is 5.56 Å². The Morgan fingerprint density at radius 1 is 0.923 bits per heavy atom. The van der Waals surface area contributed by atoms with E-state index in [1.807, 2.05) is 10.6 Å². The van der Waals surface area contributed by atoms with E-state index in [4.69, 9.17) is 4.99 Å². The number of aliphatic imine (C=N–C) groups is 1. The van der Waals surface area contributed by atoms with E-state index >= 15 is 0 Å². The molecule has 3 aromatic rings. The van der Waals surface area contributed by atoms with Crippen LogP contribution < -0.4 is 5.56 Å². The minimum Gasteiger partial charge on any atom is -0.355 e. The molecule has 1 aromatic heterocycles. The summed E-state index contributed by atoms with van der Waals surface area (Å²) in [7, 11) is 0. The van der Waals surface area contributed by atoms with Gasteiger partial charge < -0.3 is 9.47 Å². The van der Waals surface area contributed by atoms with Crippen LogP contribution in [0.1, 0.15) is 23.6 Å². The monoisotopic (exact) mass is 341 g/mol. The Kier molecular flexibility index (Phi) is 2.79. The van der Waals surface area contributed by atoms with Crippen LogP contribution in [0.4, 0.5) is 5.69 Å².